The number of hydrogen-bond acceptors (Lipinski definition) is 7. The summed E-state index contributed by atoms with van der Waals surface area (Å²) in [7, 11) is -2.44. The van der Waals surface area contributed by atoms with Crippen molar-refractivity contribution in [2.24, 2.45) is 12.0 Å². The fraction of sp³-hybridized carbons (Fsp3) is 0.214. The van der Waals surface area contributed by atoms with E-state index < -0.39 is 37.9 Å². The zero-order valence-corrected chi connectivity index (χ0v) is 24.5. The van der Waals surface area contributed by atoms with Gasteiger partial charge in [0.05, 0.1) is 29.3 Å². The van der Waals surface area contributed by atoms with Crippen LogP contribution in [-0.2, 0) is 17.1 Å². The van der Waals surface area contributed by atoms with Crippen LogP contribution in [-0.4, -0.2) is 40.1 Å². The Morgan fingerprint density at radius 3 is 2.52 bits per heavy atom. The topological polar surface area (TPSA) is 137 Å². The lowest BCUT2D eigenvalue weighted by Crippen LogP contribution is -2.41. The molecular formula is C28H24BrFN6O5S. The molecule has 1 fully saturated rings. The van der Waals surface area contributed by atoms with Crippen molar-refractivity contribution in [3.63, 3.8) is 0 Å². The number of sulfonamides is 1. The Balaban J connectivity index is 1.57. The summed E-state index contributed by atoms with van der Waals surface area (Å²) in [4.78, 5) is 44.9. The number of allylic oxidation sites excluding steroid dienone is 1. The highest BCUT2D eigenvalue weighted by Crippen LogP contribution is 2.34. The molecule has 14 heteroatoms. The van der Waals surface area contributed by atoms with Crippen LogP contribution in [0.25, 0.3) is 16.7 Å². The average Bonchev–Trinajstić information content (AvgIpc) is 3.78. The molecule has 0 saturated heterocycles. The number of hydrogen-bond donors (Lipinski definition) is 2. The number of dihydropyridines is 1. The van der Waals surface area contributed by atoms with Crippen LogP contribution in [0.15, 0.2) is 84.5 Å². The molecule has 216 valence electrons. The zero-order valence-electron chi connectivity index (χ0n) is 22.1. The normalized spacial score (nSPS) is 16.6. The fourth-order valence-corrected chi connectivity index (χ4v) is 6.42. The monoisotopic (exact) mass is 654 g/mol. The summed E-state index contributed by atoms with van der Waals surface area (Å²) < 4.78 is 47.4. The summed E-state index contributed by atoms with van der Waals surface area (Å²) in [5.74, 6) is -0.618. The number of fused-ring (bicyclic) bond motifs is 1. The first-order valence-corrected chi connectivity index (χ1v) is 15.3. The van der Waals surface area contributed by atoms with Gasteiger partial charge in [-0.05, 0) is 55.3 Å². The largest absolute Gasteiger partial charge is 0.352 e. The predicted octanol–water partition coefficient (Wildman–Crippen LogP) is 3.58. The molecule has 2 aromatic heterocycles. The molecule has 4 aromatic rings. The summed E-state index contributed by atoms with van der Waals surface area (Å²) in [5.41, 5.74) is -1.42. The van der Waals surface area contributed by atoms with Gasteiger partial charge in [0.25, 0.3) is 11.1 Å². The first-order chi connectivity index (χ1) is 20.0. The van der Waals surface area contributed by atoms with Crippen molar-refractivity contribution < 1.29 is 12.8 Å². The number of nitrogens with one attached hydrogen (secondary N) is 2. The number of anilines is 3. The molecule has 1 saturated carbocycles. The van der Waals surface area contributed by atoms with Crippen LogP contribution in [0.1, 0.15) is 18.9 Å². The highest BCUT2D eigenvalue weighted by Gasteiger charge is 2.31. The van der Waals surface area contributed by atoms with Gasteiger partial charge in [-0.3, -0.25) is 28.4 Å². The van der Waals surface area contributed by atoms with Gasteiger partial charge in [-0.15, -0.1) is 0 Å². The van der Waals surface area contributed by atoms with Gasteiger partial charge in [0.15, 0.2) is 0 Å². The van der Waals surface area contributed by atoms with E-state index in [-0.39, 0.29) is 46.4 Å². The molecule has 1 aliphatic heterocycles. The summed E-state index contributed by atoms with van der Waals surface area (Å²) in [6.45, 7) is 0.0683. The van der Waals surface area contributed by atoms with Crippen molar-refractivity contribution in [3.8, 4) is 5.69 Å². The van der Waals surface area contributed by atoms with Gasteiger partial charge >= 0.3 is 5.69 Å². The number of pyridine rings is 1. The Morgan fingerprint density at radius 2 is 1.83 bits per heavy atom. The summed E-state index contributed by atoms with van der Waals surface area (Å²) in [6.07, 6.45) is 5.85. The van der Waals surface area contributed by atoms with Crippen molar-refractivity contribution in [2.45, 2.75) is 24.1 Å². The van der Waals surface area contributed by atoms with Gasteiger partial charge in [-0.2, -0.15) is 0 Å². The maximum Gasteiger partial charge on any atom is 0.337 e. The molecule has 0 radical (unpaired) electrons. The maximum absolute atomic E-state index is 14.8. The number of rotatable bonds is 7. The average molecular weight is 656 g/mol. The third-order valence-electron chi connectivity index (χ3n) is 7.13. The molecule has 2 N–H and O–H groups in total. The van der Waals surface area contributed by atoms with Crippen molar-refractivity contribution in [1.82, 2.24) is 13.7 Å². The molecule has 0 bridgehead atoms. The summed E-state index contributed by atoms with van der Waals surface area (Å²) in [5, 5.41) is 1.99. The molecular weight excluding hydrogens is 631 g/mol. The SMILES string of the molecule is Cn1c(=O)cc(Nc2ccc(Br)cc2F)c2c(=O)n(C3CC3)c(=O)n(-c3cccc(NS(=O)(=O)C4C=CC=NC4)c3)c21. The molecule has 1 atom stereocenters. The number of aromatic nitrogens is 3. The third kappa shape index (κ3) is 5.00. The summed E-state index contributed by atoms with van der Waals surface area (Å²) in [6, 6.07) is 11.3. The van der Waals surface area contributed by atoms with Crippen LogP contribution in [0.2, 0.25) is 0 Å². The molecule has 0 amide bonds. The molecule has 2 aromatic carbocycles. The minimum Gasteiger partial charge on any atom is -0.352 e. The van der Waals surface area contributed by atoms with Crippen LogP contribution in [0.4, 0.5) is 21.5 Å². The second-order valence-corrected chi connectivity index (χ2v) is 12.9. The minimum atomic E-state index is -3.87. The Bertz CT molecular complexity index is 2110. The van der Waals surface area contributed by atoms with Gasteiger partial charge in [-0.25, -0.2) is 22.2 Å². The second-order valence-electron chi connectivity index (χ2n) is 10.1. The van der Waals surface area contributed by atoms with Crippen LogP contribution in [0.3, 0.4) is 0 Å². The van der Waals surface area contributed by atoms with Crippen molar-refractivity contribution in [1.29, 1.82) is 0 Å². The summed E-state index contributed by atoms with van der Waals surface area (Å²) >= 11 is 3.21. The first-order valence-electron chi connectivity index (χ1n) is 13.0. The van der Waals surface area contributed by atoms with Crippen LogP contribution < -0.4 is 26.8 Å². The molecule has 2 aliphatic rings. The van der Waals surface area contributed by atoms with Gasteiger partial charge < -0.3 is 5.32 Å². The zero-order chi connectivity index (χ0) is 29.8. The second kappa shape index (κ2) is 10.5. The number of nitrogens with zero attached hydrogens (tertiary/aromatic N) is 4. The van der Waals surface area contributed by atoms with Crippen molar-refractivity contribution >= 4 is 60.3 Å². The predicted molar refractivity (Wildman–Crippen MR) is 164 cm³/mol. The van der Waals surface area contributed by atoms with Gasteiger partial charge in [-0.1, -0.05) is 28.1 Å². The molecule has 0 spiro atoms. The third-order valence-corrected chi connectivity index (χ3v) is 9.25. The number of aliphatic imine (C=N–C) groups is 1. The van der Waals surface area contributed by atoms with Crippen LogP contribution in [0, 0.1) is 5.82 Å². The van der Waals surface area contributed by atoms with Gasteiger partial charge in [0, 0.05) is 29.8 Å². The Labute approximate surface area is 246 Å². The molecule has 3 heterocycles. The van der Waals surface area contributed by atoms with Crippen LogP contribution in [0.5, 0.6) is 0 Å². The van der Waals surface area contributed by atoms with E-state index in [9.17, 15) is 27.2 Å². The quantitative estimate of drug-likeness (QED) is 0.313. The number of aryl methyl sites for hydroxylation is 1. The smallest absolute Gasteiger partial charge is 0.337 e. The van der Waals surface area contributed by atoms with E-state index in [1.54, 1.807) is 24.3 Å². The minimum absolute atomic E-state index is 0.00195. The Kier molecular flexibility index (Phi) is 6.97. The van der Waals surface area contributed by atoms with E-state index in [4.69, 9.17) is 0 Å². The van der Waals surface area contributed by atoms with E-state index in [1.807, 2.05) is 0 Å². The van der Waals surface area contributed by atoms with E-state index in [0.29, 0.717) is 17.3 Å². The van der Waals surface area contributed by atoms with Gasteiger partial charge in [0.2, 0.25) is 10.0 Å². The highest BCUT2D eigenvalue weighted by atomic mass is 79.9. The molecule has 6 rings (SSSR count). The number of benzene rings is 2. The highest BCUT2D eigenvalue weighted by molar-refractivity contribution is 9.10. The van der Waals surface area contributed by atoms with Crippen LogP contribution >= 0.6 is 15.9 Å². The Hall–Kier alpha value is -4.30. The van der Waals surface area contributed by atoms with Gasteiger partial charge in [0.1, 0.15) is 22.1 Å². The van der Waals surface area contributed by atoms with E-state index in [0.717, 1.165) is 4.57 Å². The van der Waals surface area contributed by atoms with E-state index in [1.165, 1.54) is 58.8 Å². The first kappa shape index (κ1) is 27.8. The Morgan fingerprint density at radius 1 is 1.05 bits per heavy atom. The van der Waals surface area contributed by atoms with Crippen molar-refractivity contribution in [3.05, 3.63) is 102 Å². The fourth-order valence-electron chi connectivity index (χ4n) is 4.90. The molecule has 1 unspecified atom stereocenters. The maximum atomic E-state index is 14.8. The number of halogens is 2. The standard InChI is InChI=1S/C28H24BrFN6O5S/c1-34-24(37)14-23(32-22-10-7-16(29)12-21(22)30)25-26(34)35(28(39)36(27(25)38)18-8-9-18)19-5-2-4-17(13-19)33-42(40,41)20-6-3-11-31-15-20/h2-7,10-14,18,20,32-33H,8-9,15H2,1H3. The lowest BCUT2D eigenvalue weighted by molar-refractivity contribution is 0.594. The molecule has 11 nitrogen and oxygen atoms in total. The lowest BCUT2D eigenvalue weighted by atomic mass is 10.2. The van der Waals surface area contributed by atoms with E-state index in [2.05, 4.69) is 31.0 Å². The van der Waals surface area contributed by atoms with Crippen molar-refractivity contribution in [2.75, 3.05) is 16.6 Å². The molecule has 1 aliphatic carbocycles. The molecule has 42 heavy (non-hydrogen) atoms. The lowest BCUT2D eigenvalue weighted by Gasteiger charge is -2.20. The van der Waals surface area contributed by atoms with E-state index >= 15 is 0 Å².